The molecule has 222 valence electrons. The number of hydrogen-bond acceptors (Lipinski definition) is 8. The summed E-state index contributed by atoms with van der Waals surface area (Å²) in [7, 11) is -4.29. The van der Waals surface area contributed by atoms with Gasteiger partial charge >= 0.3 is 5.97 Å². The molecule has 0 radical (unpaired) electrons. The minimum atomic E-state index is -4.29. The molecule has 0 unspecified atom stereocenters. The largest absolute Gasteiger partial charge is 0.493 e. The van der Waals surface area contributed by atoms with Crippen molar-refractivity contribution >= 4 is 44.1 Å². The van der Waals surface area contributed by atoms with E-state index >= 15 is 0 Å². The number of aromatic amines is 1. The predicted molar refractivity (Wildman–Crippen MR) is 161 cm³/mol. The highest BCUT2D eigenvalue weighted by atomic mass is 32.2. The number of ether oxygens (including phenoxy) is 2. The number of para-hydroxylation sites is 1. The van der Waals surface area contributed by atoms with E-state index in [1.165, 1.54) is 46.6 Å². The highest BCUT2D eigenvalue weighted by molar-refractivity contribution is 7.89. The van der Waals surface area contributed by atoms with Crippen molar-refractivity contribution in [1.82, 2.24) is 14.6 Å². The van der Waals surface area contributed by atoms with Crippen LogP contribution in [0.1, 0.15) is 43.2 Å². The van der Waals surface area contributed by atoms with Gasteiger partial charge in [0.2, 0.25) is 21.5 Å². The Morgan fingerprint density at radius 1 is 1.05 bits per heavy atom. The number of thiophene rings is 1. The molecule has 0 aliphatic rings. The van der Waals surface area contributed by atoms with Gasteiger partial charge in [0.1, 0.15) is 18.3 Å². The van der Waals surface area contributed by atoms with Crippen LogP contribution in [-0.4, -0.2) is 49.9 Å². The first-order valence-corrected chi connectivity index (χ1v) is 15.9. The molecule has 0 spiro atoms. The fraction of sp³-hybridized carbons (Fsp3) is 0.300. The van der Waals surface area contributed by atoms with Crippen molar-refractivity contribution in [2.45, 2.75) is 44.2 Å². The number of esters is 1. The van der Waals surface area contributed by atoms with Crippen LogP contribution in [0.5, 0.6) is 5.75 Å². The Morgan fingerprint density at radius 2 is 1.86 bits per heavy atom. The molecular weight excluding hydrogens is 578 g/mol. The maximum absolute atomic E-state index is 14.3. The second kappa shape index (κ2) is 14.3. The molecule has 4 aromatic rings. The minimum Gasteiger partial charge on any atom is -0.493 e. The molecule has 10 nitrogen and oxygen atoms in total. The quantitative estimate of drug-likeness (QED) is 0.160. The summed E-state index contributed by atoms with van der Waals surface area (Å²) in [6, 6.07) is 16.1. The summed E-state index contributed by atoms with van der Waals surface area (Å²) in [6.45, 7) is 3.92. The molecule has 12 heteroatoms. The van der Waals surface area contributed by atoms with Crippen LogP contribution in [0.25, 0.3) is 10.9 Å². The maximum Gasteiger partial charge on any atom is 0.325 e. The van der Waals surface area contributed by atoms with Gasteiger partial charge in [-0.3, -0.25) is 14.4 Å². The molecule has 4 rings (SSSR count). The van der Waals surface area contributed by atoms with Crippen molar-refractivity contribution in [2.75, 3.05) is 19.8 Å². The Kier molecular flexibility index (Phi) is 10.5. The number of hydrogen-bond donors (Lipinski definition) is 2. The van der Waals surface area contributed by atoms with Crippen molar-refractivity contribution < 1.29 is 27.5 Å². The van der Waals surface area contributed by atoms with Gasteiger partial charge in [-0.05, 0) is 60.5 Å². The molecule has 2 heterocycles. The number of amides is 1. The van der Waals surface area contributed by atoms with Crippen molar-refractivity contribution in [3.8, 4) is 5.75 Å². The Bertz CT molecular complexity index is 1680. The Hall–Kier alpha value is -4.00. The van der Waals surface area contributed by atoms with E-state index in [1.54, 1.807) is 31.2 Å². The minimum absolute atomic E-state index is 0.0791. The molecule has 0 aliphatic heterocycles. The number of pyridine rings is 1. The normalized spacial score (nSPS) is 12.1. The molecule has 1 amide bonds. The molecule has 42 heavy (non-hydrogen) atoms. The molecular formula is C30H33N3O7S2. The summed E-state index contributed by atoms with van der Waals surface area (Å²) in [4.78, 5) is 43.1. The van der Waals surface area contributed by atoms with Gasteiger partial charge in [-0.2, -0.15) is 4.72 Å². The number of unbranched alkanes of at least 4 members (excludes halogenated alkanes) is 1. The Balaban J connectivity index is 1.76. The average molecular weight is 612 g/mol. The molecule has 0 saturated carbocycles. The van der Waals surface area contributed by atoms with Gasteiger partial charge in [-0.1, -0.05) is 37.6 Å². The summed E-state index contributed by atoms with van der Waals surface area (Å²) in [6.07, 6.45) is 1.66. The number of benzene rings is 2. The third-order valence-corrected chi connectivity index (χ3v) is 8.66. The van der Waals surface area contributed by atoms with Gasteiger partial charge in [0.05, 0.1) is 24.7 Å². The summed E-state index contributed by atoms with van der Waals surface area (Å²) in [5.41, 5.74) is 0.474. The van der Waals surface area contributed by atoms with E-state index in [2.05, 4.69) is 9.71 Å². The lowest BCUT2D eigenvalue weighted by Crippen LogP contribution is -2.44. The number of rotatable bonds is 14. The van der Waals surface area contributed by atoms with Gasteiger partial charge in [0, 0.05) is 22.0 Å². The van der Waals surface area contributed by atoms with Crippen molar-refractivity contribution in [2.24, 2.45) is 0 Å². The van der Waals surface area contributed by atoms with Crippen LogP contribution >= 0.6 is 11.3 Å². The number of carbonyl (C=O) groups is 2. The standard InChI is InChI=1S/C30H33N3O7S2/c1-3-5-16-40-26-11-7-6-10-24(26)29(30(36)33(20-28(35)39-4-2)19-22-9-8-17-41-22)32-42(37,38)23-13-14-25-21(18-23)12-15-27(34)31-25/h6-15,17-18,29,32H,3-5,16,19-20H2,1-2H3,(H,31,34)/t29-/m0/s1. The molecule has 2 N–H and O–H groups in total. The van der Waals surface area contributed by atoms with Gasteiger partial charge in [0.25, 0.3) is 0 Å². The molecule has 0 aliphatic carbocycles. The van der Waals surface area contributed by atoms with Crippen molar-refractivity contribution in [3.05, 3.63) is 92.9 Å². The second-order valence-corrected chi connectivity index (χ2v) is 12.2. The SMILES string of the molecule is CCCCOc1ccccc1[C@H](NS(=O)(=O)c1ccc2[nH]c(=O)ccc2c1)C(=O)N(CC(=O)OCC)Cc1cccs1. The van der Waals surface area contributed by atoms with Gasteiger partial charge in [-0.25, -0.2) is 8.42 Å². The average Bonchev–Trinajstić information content (AvgIpc) is 3.49. The zero-order valence-corrected chi connectivity index (χ0v) is 25.0. The van der Waals surface area contributed by atoms with Gasteiger partial charge in [-0.15, -0.1) is 11.3 Å². The summed E-state index contributed by atoms with van der Waals surface area (Å²) in [5, 5.41) is 2.36. The first-order valence-electron chi connectivity index (χ1n) is 13.6. The highest BCUT2D eigenvalue weighted by Crippen LogP contribution is 2.30. The number of nitrogens with zero attached hydrogens (tertiary/aromatic N) is 1. The van der Waals surface area contributed by atoms with Crippen LogP contribution in [-0.2, 0) is 30.9 Å². The zero-order chi connectivity index (χ0) is 30.1. The van der Waals surface area contributed by atoms with E-state index in [0.717, 1.165) is 17.7 Å². The van der Waals surface area contributed by atoms with Crippen LogP contribution in [0.3, 0.4) is 0 Å². The lowest BCUT2D eigenvalue weighted by molar-refractivity contribution is -0.149. The number of carbonyl (C=O) groups excluding carboxylic acids is 2. The predicted octanol–water partition coefficient (Wildman–Crippen LogP) is 4.38. The van der Waals surface area contributed by atoms with E-state index in [0.29, 0.717) is 28.8 Å². The van der Waals surface area contributed by atoms with E-state index in [4.69, 9.17) is 9.47 Å². The number of H-pyrrole nitrogens is 1. The lowest BCUT2D eigenvalue weighted by Gasteiger charge is -2.28. The van der Waals surface area contributed by atoms with E-state index in [1.807, 2.05) is 24.4 Å². The lowest BCUT2D eigenvalue weighted by atomic mass is 10.0. The van der Waals surface area contributed by atoms with Crippen LogP contribution in [0.15, 0.2) is 81.8 Å². The molecule has 1 atom stereocenters. The van der Waals surface area contributed by atoms with Crippen LogP contribution in [0, 0.1) is 0 Å². The highest BCUT2D eigenvalue weighted by Gasteiger charge is 2.34. The summed E-state index contributed by atoms with van der Waals surface area (Å²) < 4.78 is 41.2. The van der Waals surface area contributed by atoms with Gasteiger partial charge in [0.15, 0.2) is 0 Å². The number of fused-ring (bicyclic) bond motifs is 1. The van der Waals surface area contributed by atoms with E-state index in [9.17, 15) is 22.8 Å². The van der Waals surface area contributed by atoms with E-state index in [-0.39, 0.29) is 30.2 Å². The van der Waals surface area contributed by atoms with Crippen LogP contribution in [0.2, 0.25) is 0 Å². The van der Waals surface area contributed by atoms with Crippen molar-refractivity contribution in [1.29, 1.82) is 0 Å². The van der Waals surface area contributed by atoms with Crippen LogP contribution < -0.4 is 15.0 Å². The third kappa shape index (κ3) is 7.84. The summed E-state index contributed by atoms with van der Waals surface area (Å²) >= 11 is 1.41. The third-order valence-electron chi connectivity index (χ3n) is 6.37. The molecule has 0 saturated heterocycles. The molecule has 0 bridgehead atoms. The Morgan fingerprint density at radius 3 is 2.60 bits per heavy atom. The number of sulfonamides is 1. The monoisotopic (exact) mass is 611 g/mol. The van der Waals surface area contributed by atoms with E-state index < -0.39 is 27.9 Å². The number of nitrogens with one attached hydrogen (secondary N) is 2. The second-order valence-electron chi connectivity index (χ2n) is 9.44. The summed E-state index contributed by atoms with van der Waals surface area (Å²) in [5.74, 6) is -0.896. The molecule has 2 aromatic carbocycles. The molecule has 0 fully saturated rings. The topological polar surface area (TPSA) is 135 Å². The van der Waals surface area contributed by atoms with Crippen LogP contribution in [0.4, 0.5) is 0 Å². The zero-order valence-electron chi connectivity index (χ0n) is 23.4. The first kappa shape index (κ1) is 30.9. The fourth-order valence-electron chi connectivity index (χ4n) is 4.29. The van der Waals surface area contributed by atoms with Crippen molar-refractivity contribution in [3.63, 3.8) is 0 Å². The number of aromatic nitrogens is 1. The van der Waals surface area contributed by atoms with Gasteiger partial charge < -0.3 is 19.4 Å². The molecule has 2 aromatic heterocycles. The first-order chi connectivity index (χ1) is 20.2. The fourth-order valence-corrected chi connectivity index (χ4v) is 6.22. The smallest absolute Gasteiger partial charge is 0.325 e. The Labute approximate surface area is 248 Å². The maximum atomic E-state index is 14.3.